The molecule has 1 aliphatic heterocycles. The fourth-order valence-electron chi connectivity index (χ4n) is 2.36. The Kier molecular flexibility index (Phi) is 2.00. The van der Waals surface area contributed by atoms with Crippen molar-refractivity contribution >= 4 is 11.0 Å². The van der Waals surface area contributed by atoms with Crippen LogP contribution in [0.25, 0.3) is 11.0 Å². The van der Waals surface area contributed by atoms with Gasteiger partial charge in [0, 0.05) is 6.54 Å². The smallest absolute Gasteiger partial charge is 0.326 e. The number of fused-ring (bicyclic) bond motifs is 1. The van der Waals surface area contributed by atoms with E-state index in [4.69, 9.17) is 0 Å². The van der Waals surface area contributed by atoms with E-state index in [0.29, 0.717) is 5.52 Å². The first-order chi connectivity index (χ1) is 7.77. The maximum atomic E-state index is 11.8. The van der Waals surface area contributed by atoms with E-state index in [9.17, 15) is 9.90 Å². The van der Waals surface area contributed by atoms with Crippen molar-refractivity contribution in [2.24, 2.45) is 0 Å². The number of aromatic hydroxyl groups is 1. The van der Waals surface area contributed by atoms with Crippen molar-refractivity contribution in [3.8, 4) is 5.75 Å². The van der Waals surface area contributed by atoms with Gasteiger partial charge in [-0.25, -0.2) is 4.79 Å². The number of rotatable bonds is 1. The predicted molar refractivity (Wildman–Crippen MR) is 60.7 cm³/mol. The highest BCUT2D eigenvalue weighted by molar-refractivity contribution is 5.81. The second-order valence-corrected chi connectivity index (χ2v) is 4.12. The lowest BCUT2D eigenvalue weighted by atomic mass is 10.2. The van der Waals surface area contributed by atoms with Crippen molar-refractivity contribution < 1.29 is 5.11 Å². The van der Waals surface area contributed by atoms with Crippen LogP contribution in [-0.2, 0) is 0 Å². The minimum absolute atomic E-state index is 0.124. The molecule has 1 atom stereocenters. The molecular formula is C11H13N3O2. The van der Waals surface area contributed by atoms with Gasteiger partial charge >= 0.3 is 5.69 Å². The molecule has 16 heavy (non-hydrogen) atoms. The summed E-state index contributed by atoms with van der Waals surface area (Å²) in [7, 11) is 0. The summed E-state index contributed by atoms with van der Waals surface area (Å²) >= 11 is 0. The van der Waals surface area contributed by atoms with Gasteiger partial charge < -0.3 is 15.4 Å². The average Bonchev–Trinajstić information content (AvgIpc) is 2.85. The minimum Gasteiger partial charge on any atom is -0.506 e. The Morgan fingerprint density at radius 3 is 3.06 bits per heavy atom. The molecule has 5 nitrogen and oxygen atoms in total. The number of phenols is 1. The zero-order chi connectivity index (χ0) is 11.1. The first-order valence-corrected chi connectivity index (χ1v) is 5.40. The first-order valence-electron chi connectivity index (χ1n) is 5.40. The van der Waals surface area contributed by atoms with E-state index < -0.39 is 0 Å². The number of aromatic amines is 1. The summed E-state index contributed by atoms with van der Waals surface area (Å²) in [6.45, 7) is 1.74. The van der Waals surface area contributed by atoms with Gasteiger partial charge in [0.2, 0.25) is 0 Å². The third kappa shape index (κ3) is 1.25. The predicted octanol–water partition coefficient (Wildman–Crippen LogP) is 0.570. The quantitative estimate of drug-likeness (QED) is 0.656. The highest BCUT2D eigenvalue weighted by Gasteiger charge is 2.21. The fourth-order valence-corrected chi connectivity index (χ4v) is 2.36. The Balaban J connectivity index is 2.27. The van der Waals surface area contributed by atoms with Crippen LogP contribution in [0.2, 0.25) is 0 Å². The van der Waals surface area contributed by atoms with Crippen LogP contribution in [0.15, 0.2) is 23.0 Å². The summed E-state index contributed by atoms with van der Waals surface area (Å²) in [5.41, 5.74) is 1.16. The normalized spacial score (nSPS) is 20.6. The van der Waals surface area contributed by atoms with Crippen molar-refractivity contribution in [1.82, 2.24) is 14.9 Å². The molecule has 1 fully saturated rings. The summed E-state index contributed by atoms with van der Waals surface area (Å²) < 4.78 is 1.73. The van der Waals surface area contributed by atoms with Crippen LogP contribution in [0, 0.1) is 0 Å². The zero-order valence-electron chi connectivity index (χ0n) is 8.73. The molecule has 2 aromatic rings. The number of phenolic OH excluding ortho intramolecular Hbond substituents is 1. The standard InChI is InChI=1S/C11H13N3O2/c15-9-3-1-2-8-10(9)13-11(16)14(8)7-4-5-12-6-7/h1-3,7,12,15H,4-6H2,(H,13,16). The zero-order valence-corrected chi connectivity index (χ0v) is 8.73. The van der Waals surface area contributed by atoms with E-state index >= 15 is 0 Å². The third-order valence-corrected chi connectivity index (χ3v) is 3.13. The van der Waals surface area contributed by atoms with Gasteiger partial charge in [0.25, 0.3) is 0 Å². The number of benzene rings is 1. The van der Waals surface area contributed by atoms with E-state index in [1.807, 2.05) is 6.07 Å². The molecule has 1 saturated heterocycles. The van der Waals surface area contributed by atoms with Gasteiger partial charge in [-0.15, -0.1) is 0 Å². The van der Waals surface area contributed by atoms with E-state index in [1.165, 1.54) is 0 Å². The number of nitrogens with zero attached hydrogens (tertiary/aromatic N) is 1. The number of aromatic nitrogens is 2. The van der Waals surface area contributed by atoms with Crippen LogP contribution in [-0.4, -0.2) is 27.7 Å². The molecule has 5 heteroatoms. The molecule has 84 valence electrons. The van der Waals surface area contributed by atoms with Crippen LogP contribution >= 0.6 is 0 Å². The minimum atomic E-state index is -0.148. The van der Waals surface area contributed by atoms with Crippen molar-refractivity contribution in [3.63, 3.8) is 0 Å². The van der Waals surface area contributed by atoms with Gasteiger partial charge in [0.15, 0.2) is 0 Å². The van der Waals surface area contributed by atoms with E-state index in [1.54, 1.807) is 16.7 Å². The molecule has 1 aromatic carbocycles. The Morgan fingerprint density at radius 1 is 1.44 bits per heavy atom. The molecule has 1 aliphatic rings. The number of nitrogens with one attached hydrogen (secondary N) is 2. The van der Waals surface area contributed by atoms with Gasteiger partial charge in [0.1, 0.15) is 11.3 Å². The van der Waals surface area contributed by atoms with E-state index in [-0.39, 0.29) is 17.5 Å². The Morgan fingerprint density at radius 2 is 2.31 bits per heavy atom. The van der Waals surface area contributed by atoms with Gasteiger partial charge in [-0.1, -0.05) is 6.07 Å². The lowest BCUT2D eigenvalue weighted by Gasteiger charge is -2.10. The lowest BCUT2D eigenvalue weighted by Crippen LogP contribution is -2.23. The van der Waals surface area contributed by atoms with Crippen molar-refractivity contribution in [3.05, 3.63) is 28.7 Å². The van der Waals surface area contributed by atoms with Crippen molar-refractivity contribution in [1.29, 1.82) is 0 Å². The molecule has 3 rings (SSSR count). The monoisotopic (exact) mass is 219 g/mol. The number of H-pyrrole nitrogens is 1. The Hall–Kier alpha value is -1.75. The third-order valence-electron chi connectivity index (χ3n) is 3.13. The number of imidazole rings is 1. The molecule has 0 amide bonds. The van der Waals surface area contributed by atoms with Crippen LogP contribution in [0.4, 0.5) is 0 Å². The Labute approximate surface area is 91.7 Å². The highest BCUT2D eigenvalue weighted by atomic mass is 16.3. The summed E-state index contributed by atoms with van der Waals surface area (Å²) in [5, 5.41) is 12.9. The van der Waals surface area contributed by atoms with Crippen LogP contribution in [0.1, 0.15) is 12.5 Å². The SMILES string of the molecule is O=c1[nH]c2c(O)cccc2n1C1CCNC1. The molecule has 1 unspecified atom stereocenters. The van der Waals surface area contributed by atoms with Gasteiger partial charge in [0.05, 0.1) is 11.6 Å². The molecule has 0 radical (unpaired) electrons. The van der Waals surface area contributed by atoms with E-state index in [2.05, 4.69) is 10.3 Å². The molecular weight excluding hydrogens is 206 g/mol. The summed E-state index contributed by atoms with van der Waals surface area (Å²) in [4.78, 5) is 14.5. The van der Waals surface area contributed by atoms with Crippen molar-refractivity contribution in [2.75, 3.05) is 13.1 Å². The maximum absolute atomic E-state index is 11.8. The molecule has 0 spiro atoms. The van der Waals surface area contributed by atoms with Gasteiger partial charge in [-0.2, -0.15) is 0 Å². The first kappa shape index (κ1) is 9.47. The number of para-hydroxylation sites is 1. The molecule has 2 heterocycles. The summed E-state index contributed by atoms with van der Waals surface area (Å²) in [6, 6.07) is 5.37. The second-order valence-electron chi connectivity index (χ2n) is 4.12. The van der Waals surface area contributed by atoms with Gasteiger partial charge in [-0.3, -0.25) is 4.57 Å². The van der Waals surface area contributed by atoms with Crippen molar-refractivity contribution in [2.45, 2.75) is 12.5 Å². The van der Waals surface area contributed by atoms with E-state index in [0.717, 1.165) is 25.0 Å². The average molecular weight is 219 g/mol. The molecule has 0 bridgehead atoms. The highest BCUT2D eigenvalue weighted by Crippen LogP contribution is 2.24. The summed E-state index contributed by atoms with van der Waals surface area (Å²) in [5.74, 6) is 0.124. The topological polar surface area (TPSA) is 70.0 Å². The van der Waals surface area contributed by atoms with Crippen LogP contribution < -0.4 is 11.0 Å². The second kappa shape index (κ2) is 3.38. The molecule has 1 aromatic heterocycles. The Bertz CT molecular complexity index is 578. The van der Waals surface area contributed by atoms with Crippen LogP contribution in [0.3, 0.4) is 0 Å². The number of hydrogen-bond donors (Lipinski definition) is 3. The van der Waals surface area contributed by atoms with Gasteiger partial charge in [-0.05, 0) is 25.1 Å². The molecule has 0 aliphatic carbocycles. The molecule has 3 N–H and O–H groups in total. The largest absolute Gasteiger partial charge is 0.506 e. The molecule has 0 saturated carbocycles. The number of hydrogen-bond acceptors (Lipinski definition) is 3. The van der Waals surface area contributed by atoms with Crippen LogP contribution in [0.5, 0.6) is 5.75 Å². The lowest BCUT2D eigenvalue weighted by molar-refractivity contribution is 0.480. The summed E-state index contributed by atoms with van der Waals surface area (Å²) in [6.07, 6.45) is 0.947. The maximum Gasteiger partial charge on any atom is 0.326 e. The fraction of sp³-hybridized carbons (Fsp3) is 0.364.